The van der Waals surface area contributed by atoms with Gasteiger partial charge in [-0.3, -0.25) is 19.6 Å². The van der Waals surface area contributed by atoms with Crippen LogP contribution in [-0.2, 0) is 16.1 Å². The minimum atomic E-state index is -0.613. The standard InChI is InChI=1S/C21H28N6O4/c1-4-5-19(28)23-12-26-11-13(2)27-18(20(26)29)9-17(25-27)15-7-6-14(10-22)8-16(15)24-21(30)31-3/h6-9,13H,4-5,10-12,22H2,1-3H3,(H,23,28)(H,24,30). The number of nitrogens with one attached hydrogen (secondary N) is 2. The predicted octanol–water partition coefficient (Wildman–Crippen LogP) is 2.08. The molecule has 1 aliphatic heterocycles. The first kappa shape index (κ1) is 22.3. The van der Waals surface area contributed by atoms with Gasteiger partial charge in [-0.1, -0.05) is 19.1 Å². The van der Waals surface area contributed by atoms with E-state index >= 15 is 0 Å². The van der Waals surface area contributed by atoms with Gasteiger partial charge in [-0.2, -0.15) is 5.10 Å². The number of hydrogen-bond donors (Lipinski definition) is 3. The lowest BCUT2D eigenvalue weighted by molar-refractivity contribution is -0.121. The van der Waals surface area contributed by atoms with E-state index in [9.17, 15) is 14.4 Å². The van der Waals surface area contributed by atoms with Gasteiger partial charge in [0, 0.05) is 25.1 Å². The fourth-order valence-electron chi connectivity index (χ4n) is 3.50. The Balaban J connectivity index is 1.90. The Hall–Kier alpha value is -3.40. The molecule has 0 spiro atoms. The van der Waals surface area contributed by atoms with Gasteiger partial charge in [-0.25, -0.2) is 4.79 Å². The fraction of sp³-hybridized carbons (Fsp3) is 0.429. The molecule has 1 aromatic heterocycles. The van der Waals surface area contributed by atoms with Crippen LogP contribution in [-0.4, -0.2) is 52.9 Å². The number of nitrogens with zero attached hydrogens (tertiary/aromatic N) is 3. The highest BCUT2D eigenvalue weighted by Gasteiger charge is 2.31. The Kier molecular flexibility index (Phi) is 6.91. The molecule has 31 heavy (non-hydrogen) atoms. The third-order valence-electron chi connectivity index (χ3n) is 5.11. The first-order valence-corrected chi connectivity index (χ1v) is 10.2. The van der Waals surface area contributed by atoms with Crippen molar-refractivity contribution in [2.24, 2.45) is 5.73 Å². The highest BCUT2D eigenvalue weighted by Crippen LogP contribution is 2.31. The average Bonchev–Trinajstić information content (AvgIpc) is 3.21. The van der Waals surface area contributed by atoms with Crippen molar-refractivity contribution in [3.8, 4) is 11.3 Å². The number of hydrogen-bond acceptors (Lipinski definition) is 6. The van der Waals surface area contributed by atoms with Crippen molar-refractivity contribution in [3.05, 3.63) is 35.5 Å². The van der Waals surface area contributed by atoms with Crippen molar-refractivity contribution in [3.63, 3.8) is 0 Å². The van der Waals surface area contributed by atoms with Crippen LogP contribution in [0.3, 0.4) is 0 Å². The van der Waals surface area contributed by atoms with E-state index in [0.29, 0.717) is 42.1 Å². The van der Waals surface area contributed by atoms with Crippen LogP contribution in [0.4, 0.5) is 10.5 Å². The molecule has 0 saturated carbocycles. The van der Waals surface area contributed by atoms with Crippen LogP contribution in [0.5, 0.6) is 0 Å². The lowest BCUT2D eigenvalue weighted by Gasteiger charge is -2.31. The number of benzene rings is 1. The lowest BCUT2D eigenvalue weighted by atomic mass is 10.1. The van der Waals surface area contributed by atoms with Crippen LogP contribution in [0.25, 0.3) is 11.3 Å². The van der Waals surface area contributed by atoms with Gasteiger partial charge in [-0.15, -0.1) is 0 Å². The molecule has 0 radical (unpaired) electrons. The third kappa shape index (κ3) is 4.85. The summed E-state index contributed by atoms with van der Waals surface area (Å²) in [7, 11) is 1.28. The van der Waals surface area contributed by atoms with Gasteiger partial charge in [0.2, 0.25) is 5.91 Å². The molecular formula is C21H28N6O4. The van der Waals surface area contributed by atoms with Crippen LogP contribution in [0.2, 0.25) is 0 Å². The molecule has 166 valence electrons. The SMILES string of the molecule is CCCC(=O)NCN1CC(C)n2nc(-c3ccc(CN)cc3NC(=O)OC)cc2C1=O. The van der Waals surface area contributed by atoms with Gasteiger partial charge in [0.25, 0.3) is 5.91 Å². The maximum atomic E-state index is 13.0. The van der Waals surface area contributed by atoms with E-state index in [1.807, 2.05) is 19.9 Å². The topological polar surface area (TPSA) is 132 Å². The number of nitrogens with two attached hydrogens (primary N) is 1. The third-order valence-corrected chi connectivity index (χ3v) is 5.11. The zero-order valence-electron chi connectivity index (χ0n) is 18.0. The molecule has 1 aromatic carbocycles. The molecular weight excluding hydrogens is 400 g/mol. The molecule has 1 unspecified atom stereocenters. The lowest BCUT2D eigenvalue weighted by Crippen LogP contribution is -2.47. The minimum Gasteiger partial charge on any atom is -0.453 e. The summed E-state index contributed by atoms with van der Waals surface area (Å²) in [4.78, 5) is 38.2. The number of anilines is 1. The maximum absolute atomic E-state index is 13.0. The molecule has 10 heteroatoms. The molecule has 1 atom stereocenters. The number of methoxy groups -OCH3 is 1. The fourth-order valence-corrected chi connectivity index (χ4v) is 3.50. The Morgan fingerprint density at radius 2 is 2.10 bits per heavy atom. The second-order valence-corrected chi connectivity index (χ2v) is 7.44. The van der Waals surface area contributed by atoms with Crippen LogP contribution in [0.15, 0.2) is 24.3 Å². The molecule has 10 nitrogen and oxygen atoms in total. The number of carbonyl (C=O) groups is 3. The molecule has 1 aliphatic rings. The highest BCUT2D eigenvalue weighted by molar-refractivity contribution is 5.96. The summed E-state index contributed by atoms with van der Waals surface area (Å²) >= 11 is 0. The van der Waals surface area contributed by atoms with Gasteiger partial charge in [0.05, 0.1) is 31.2 Å². The van der Waals surface area contributed by atoms with Crippen molar-refractivity contribution < 1.29 is 19.1 Å². The first-order chi connectivity index (χ1) is 14.9. The Bertz CT molecular complexity index is 986. The van der Waals surface area contributed by atoms with Gasteiger partial charge in [0.15, 0.2) is 0 Å². The Morgan fingerprint density at radius 3 is 2.77 bits per heavy atom. The monoisotopic (exact) mass is 428 g/mol. The molecule has 0 fully saturated rings. The van der Waals surface area contributed by atoms with Crippen LogP contribution < -0.4 is 16.4 Å². The molecule has 2 aromatic rings. The second-order valence-electron chi connectivity index (χ2n) is 7.44. The molecule has 0 saturated heterocycles. The summed E-state index contributed by atoms with van der Waals surface area (Å²) in [5, 5.41) is 10.1. The largest absolute Gasteiger partial charge is 0.453 e. The molecule has 2 heterocycles. The van der Waals surface area contributed by atoms with Crippen molar-refractivity contribution >= 4 is 23.6 Å². The maximum Gasteiger partial charge on any atom is 0.411 e. The van der Waals surface area contributed by atoms with Crippen LogP contribution in [0.1, 0.15) is 48.8 Å². The van der Waals surface area contributed by atoms with Crippen LogP contribution >= 0.6 is 0 Å². The summed E-state index contributed by atoms with van der Waals surface area (Å²) in [6.07, 6.45) is 0.559. The number of amides is 3. The Morgan fingerprint density at radius 1 is 1.32 bits per heavy atom. The summed E-state index contributed by atoms with van der Waals surface area (Å²) in [5.74, 6) is -0.295. The summed E-state index contributed by atoms with van der Waals surface area (Å²) in [5.41, 5.74) is 8.66. The highest BCUT2D eigenvalue weighted by atomic mass is 16.5. The minimum absolute atomic E-state index is 0.0788. The normalized spacial score (nSPS) is 15.4. The van der Waals surface area contributed by atoms with Crippen LogP contribution in [0, 0.1) is 0 Å². The van der Waals surface area contributed by atoms with E-state index < -0.39 is 6.09 Å². The van der Waals surface area contributed by atoms with Gasteiger partial charge < -0.3 is 20.7 Å². The summed E-state index contributed by atoms with van der Waals surface area (Å²) in [6.45, 7) is 4.78. The first-order valence-electron chi connectivity index (χ1n) is 10.2. The van der Waals surface area contributed by atoms with Crippen molar-refractivity contribution in [1.82, 2.24) is 20.0 Å². The van der Waals surface area contributed by atoms with E-state index in [4.69, 9.17) is 10.5 Å². The van der Waals surface area contributed by atoms with Gasteiger partial charge >= 0.3 is 6.09 Å². The van der Waals surface area contributed by atoms with Gasteiger partial charge in [-0.05, 0) is 31.0 Å². The second kappa shape index (κ2) is 9.61. The van der Waals surface area contributed by atoms with E-state index in [-0.39, 0.29) is 24.5 Å². The Labute approximate surface area is 180 Å². The van der Waals surface area contributed by atoms with E-state index in [1.165, 1.54) is 7.11 Å². The zero-order valence-corrected chi connectivity index (χ0v) is 18.0. The number of rotatable bonds is 7. The predicted molar refractivity (Wildman–Crippen MR) is 115 cm³/mol. The summed E-state index contributed by atoms with van der Waals surface area (Å²) < 4.78 is 6.39. The van der Waals surface area contributed by atoms with Crippen molar-refractivity contribution in [2.45, 2.75) is 39.3 Å². The van der Waals surface area contributed by atoms with Crippen molar-refractivity contribution in [1.29, 1.82) is 0 Å². The van der Waals surface area contributed by atoms with E-state index in [1.54, 1.807) is 27.8 Å². The molecule has 0 aliphatic carbocycles. The number of carbonyl (C=O) groups excluding carboxylic acids is 3. The average molecular weight is 428 g/mol. The molecule has 3 rings (SSSR count). The van der Waals surface area contributed by atoms with E-state index in [0.717, 1.165) is 12.0 Å². The quantitative estimate of drug-likeness (QED) is 0.619. The summed E-state index contributed by atoms with van der Waals surface area (Å²) in [6, 6.07) is 7.02. The zero-order chi connectivity index (χ0) is 22.5. The molecule has 0 bridgehead atoms. The molecule has 3 amide bonds. The number of aromatic nitrogens is 2. The van der Waals surface area contributed by atoms with Crippen molar-refractivity contribution in [2.75, 3.05) is 25.6 Å². The van der Waals surface area contributed by atoms with E-state index in [2.05, 4.69) is 15.7 Å². The van der Waals surface area contributed by atoms with Gasteiger partial charge in [0.1, 0.15) is 5.69 Å². The number of ether oxygens (including phenoxy) is 1. The smallest absolute Gasteiger partial charge is 0.411 e. The molecule has 4 N–H and O–H groups in total. The number of fused-ring (bicyclic) bond motifs is 1.